The van der Waals surface area contributed by atoms with E-state index in [0.717, 1.165) is 18.5 Å². The molecule has 1 aliphatic carbocycles. The lowest BCUT2D eigenvalue weighted by Gasteiger charge is -2.13. The summed E-state index contributed by atoms with van der Waals surface area (Å²) in [5, 5.41) is 9.66. The highest BCUT2D eigenvalue weighted by atomic mass is 16.2. The van der Waals surface area contributed by atoms with Gasteiger partial charge in [-0.05, 0) is 25.7 Å². The lowest BCUT2D eigenvalue weighted by Crippen LogP contribution is -2.24. The van der Waals surface area contributed by atoms with Crippen molar-refractivity contribution in [3.8, 4) is 0 Å². The number of rotatable bonds is 2. The molecule has 2 atom stereocenters. The van der Waals surface area contributed by atoms with Crippen molar-refractivity contribution in [3.63, 3.8) is 0 Å². The van der Waals surface area contributed by atoms with Gasteiger partial charge in [0, 0.05) is 17.7 Å². The van der Waals surface area contributed by atoms with E-state index in [1.807, 2.05) is 13.0 Å². The molecule has 0 aliphatic heterocycles. The maximum atomic E-state index is 11.9. The summed E-state index contributed by atoms with van der Waals surface area (Å²) in [6, 6.07) is 1.84. The van der Waals surface area contributed by atoms with E-state index in [9.17, 15) is 4.79 Å². The number of hydrogen-bond donors (Lipinski definition) is 2. The van der Waals surface area contributed by atoms with Gasteiger partial charge in [-0.25, -0.2) is 0 Å². The van der Waals surface area contributed by atoms with E-state index in [1.165, 1.54) is 6.42 Å². The molecule has 0 bridgehead atoms. The number of aromatic nitrogens is 2. The van der Waals surface area contributed by atoms with Crippen LogP contribution in [0.1, 0.15) is 31.9 Å². The molecule has 1 aromatic heterocycles. The first kappa shape index (κ1) is 10.2. The van der Waals surface area contributed by atoms with Crippen LogP contribution in [-0.4, -0.2) is 16.1 Å². The Labute approximate surface area is 89.5 Å². The summed E-state index contributed by atoms with van der Waals surface area (Å²) in [4.78, 5) is 11.9. The van der Waals surface area contributed by atoms with Gasteiger partial charge in [-0.3, -0.25) is 9.89 Å². The number of aromatic amines is 1. The molecule has 4 nitrogen and oxygen atoms in total. The van der Waals surface area contributed by atoms with Gasteiger partial charge in [0.1, 0.15) is 0 Å². The fourth-order valence-corrected chi connectivity index (χ4v) is 2.24. The van der Waals surface area contributed by atoms with Crippen LogP contribution in [0.4, 0.5) is 5.82 Å². The van der Waals surface area contributed by atoms with Crippen LogP contribution in [0.15, 0.2) is 6.07 Å². The minimum absolute atomic E-state index is 0.117. The number of anilines is 1. The maximum Gasteiger partial charge on any atom is 0.228 e. The van der Waals surface area contributed by atoms with Crippen molar-refractivity contribution in [1.29, 1.82) is 0 Å². The van der Waals surface area contributed by atoms with Crippen molar-refractivity contribution in [2.45, 2.75) is 33.1 Å². The quantitative estimate of drug-likeness (QED) is 0.780. The van der Waals surface area contributed by atoms with Gasteiger partial charge in [0.05, 0.1) is 0 Å². The van der Waals surface area contributed by atoms with E-state index in [0.29, 0.717) is 11.7 Å². The fourth-order valence-electron chi connectivity index (χ4n) is 2.24. The van der Waals surface area contributed by atoms with E-state index < -0.39 is 0 Å². The highest BCUT2D eigenvalue weighted by Gasteiger charge is 2.29. The van der Waals surface area contributed by atoms with E-state index in [2.05, 4.69) is 22.4 Å². The Balaban J connectivity index is 1.97. The molecular formula is C11H17N3O. The second-order valence-electron chi connectivity index (χ2n) is 4.44. The molecule has 2 unspecified atom stereocenters. The van der Waals surface area contributed by atoms with Crippen LogP contribution in [-0.2, 0) is 4.79 Å². The summed E-state index contributed by atoms with van der Waals surface area (Å²) in [5.41, 5.74) is 0.963. The second-order valence-corrected chi connectivity index (χ2v) is 4.44. The predicted octanol–water partition coefficient (Wildman–Crippen LogP) is 2.09. The monoisotopic (exact) mass is 207 g/mol. The van der Waals surface area contributed by atoms with Crippen LogP contribution >= 0.6 is 0 Å². The molecule has 2 rings (SSSR count). The lowest BCUT2D eigenvalue weighted by molar-refractivity contribution is -0.120. The molecule has 1 heterocycles. The van der Waals surface area contributed by atoms with Crippen molar-refractivity contribution >= 4 is 11.7 Å². The third-order valence-corrected chi connectivity index (χ3v) is 3.16. The minimum atomic E-state index is 0.117. The molecule has 2 N–H and O–H groups in total. The van der Waals surface area contributed by atoms with Gasteiger partial charge in [0.2, 0.25) is 5.91 Å². The average molecular weight is 207 g/mol. The van der Waals surface area contributed by atoms with Crippen LogP contribution in [0.25, 0.3) is 0 Å². The molecule has 1 saturated carbocycles. The number of nitrogens with one attached hydrogen (secondary N) is 2. The summed E-state index contributed by atoms with van der Waals surface area (Å²) < 4.78 is 0. The number of carbonyl (C=O) groups excluding carboxylic acids is 1. The molecule has 0 spiro atoms. The number of carbonyl (C=O) groups is 1. The molecule has 1 aliphatic rings. The van der Waals surface area contributed by atoms with Crippen LogP contribution < -0.4 is 5.32 Å². The Morgan fingerprint density at radius 1 is 1.60 bits per heavy atom. The first-order valence-corrected chi connectivity index (χ1v) is 5.49. The zero-order valence-corrected chi connectivity index (χ0v) is 9.21. The smallest absolute Gasteiger partial charge is 0.228 e. The maximum absolute atomic E-state index is 11.9. The molecule has 0 aromatic carbocycles. The summed E-state index contributed by atoms with van der Waals surface area (Å²) in [6.45, 7) is 4.06. The summed E-state index contributed by atoms with van der Waals surface area (Å²) in [6.07, 6.45) is 3.34. The highest BCUT2D eigenvalue weighted by Crippen LogP contribution is 2.31. The van der Waals surface area contributed by atoms with Crippen molar-refractivity contribution in [3.05, 3.63) is 11.8 Å². The Hall–Kier alpha value is -1.32. The Morgan fingerprint density at radius 2 is 2.40 bits per heavy atom. The molecule has 82 valence electrons. The van der Waals surface area contributed by atoms with Crippen LogP contribution in [0.5, 0.6) is 0 Å². The SMILES string of the molecule is Cc1cc(NC(=O)C2CCCC2C)n[nH]1. The molecule has 1 aromatic rings. The van der Waals surface area contributed by atoms with Gasteiger partial charge < -0.3 is 5.32 Å². The normalized spacial score (nSPS) is 25.5. The lowest BCUT2D eigenvalue weighted by atomic mass is 9.97. The van der Waals surface area contributed by atoms with E-state index in [-0.39, 0.29) is 11.8 Å². The molecule has 1 fully saturated rings. The zero-order valence-electron chi connectivity index (χ0n) is 9.21. The number of nitrogens with zero attached hydrogens (tertiary/aromatic N) is 1. The first-order chi connectivity index (χ1) is 7.16. The van der Waals surface area contributed by atoms with Gasteiger partial charge in [-0.2, -0.15) is 5.10 Å². The summed E-state index contributed by atoms with van der Waals surface area (Å²) in [7, 11) is 0. The second kappa shape index (κ2) is 4.04. The molecule has 0 radical (unpaired) electrons. The average Bonchev–Trinajstić information content (AvgIpc) is 2.75. The number of aryl methyl sites for hydroxylation is 1. The fraction of sp³-hybridized carbons (Fsp3) is 0.636. The predicted molar refractivity (Wildman–Crippen MR) is 58.5 cm³/mol. The summed E-state index contributed by atoms with van der Waals surface area (Å²) in [5.74, 6) is 1.43. The van der Waals surface area contributed by atoms with Gasteiger partial charge in [-0.1, -0.05) is 13.3 Å². The van der Waals surface area contributed by atoms with Gasteiger partial charge in [-0.15, -0.1) is 0 Å². The molecular weight excluding hydrogens is 190 g/mol. The van der Waals surface area contributed by atoms with E-state index in [1.54, 1.807) is 0 Å². The minimum Gasteiger partial charge on any atom is -0.309 e. The standard InChI is InChI=1S/C11H17N3O/c1-7-4-3-5-9(7)11(15)12-10-6-8(2)13-14-10/h6-7,9H,3-5H2,1-2H3,(H2,12,13,14,15). The first-order valence-electron chi connectivity index (χ1n) is 5.49. The van der Waals surface area contributed by atoms with Gasteiger partial charge in [0.15, 0.2) is 5.82 Å². The Morgan fingerprint density at radius 3 is 2.93 bits per heavy atom. The van der Waals surface area contributed by atoms with Crippen LogP contribution in [0.3, 0.4) is 0 Å². The van der Waals surface area contributed by atoms with Crippen molar-refractivity contribution in [2.24, 2.45) is 11.8 Å². The third kappa shape index (κ3) is 2.19. The van der Waals surface area contributed by atoms with E-state index in [4.69, 9.17) is 0 Å². The van der Waals surface area contributed by atoms with Crippen LogP contribution in [0.2, 0.25) is 0 Å². The molecule has 1 amide bonds. The van der Waals surface area contributed by atoms with Gasteiger partial charge >= 0.3 is 0 Å². The third-order valence-electron chi connectivity index (χ3n) is 3.16. The van der Waals surface area contributed by atoms with Crippen molar-refractivity contribution < 1.29 is 4.79 Å². The number of amides is 1. The Kier molecular flexibility index (Phi) is 2.75. The topological polar surface area (TPSA) is 57.8 Å². The Bertz CT molecular complexity index is 358. The largest absolute Gasteiger partial charge is 0.309 e. The van der Waals surface area contributed by atoms with Crippen LogP contribution in [0, 0.1) is 18.8 Å². The van der Waals surface area contributed by atoms with Gasteiger partial charge in [0.25, 0.3) is 0 Å². The van der Waals surface area contributed by atoms with E-state index >= 15 is 0 Å². The molecule has 0 saturated heterocycles. The van der Waals surface area contributed by atoms with Crippen molar-refractivity contribution in [2.75, 3.05) is 5.32 Å². The number of hydrogen-bond acceptors (Lipinski definition) is 2. The summed E-state index contributed by atoms with van der Waals surface area (Å²) >= 11 is 0. The number of H-pyrrole nitrogens is 1. The molecule has 15 heavy (non-hydrogen) atoms. The zero-order chi connectivity index (χ0) is 10.8. The highest BCUT2D eigenvalue weighted by molar-refractivity contribution is 5.92. The van der Waals surface area contributed by atoms with Crippen molar-refractivity contribution in [1.82, 2.24) is 10.2 Å². The molecule has 4 heteroatoms.